The Bertz CT molecular complexity index is 671. The van der Waals surface area contributed by atoms with Gasteiger partial charge in [0.1, 0.15) is 0 Å². The summed E-state index contributed by atoms with van der Waals surface area (Å²) in [6.45, 7) is 9.66. The van der Waals surface area contributed by atoms with Crippen LogP contribution in [0, 0.1) is 0 Å². The Hall–Kier alpha value is -2.41. The van der Waals surface area contributed by atoms with Crippen LogP contribution in [-0.2, 0) is 20.8 Å². The van der Waals surface area contributed by atoms with Gasteiger partial charge in [0.15, 0.2) is 0 Å². The van der Waals surface area contributed by atoms with Crippen LogP contribution in [0.15, 0.2) is 18.2 Å². The minimum Gasteiger partial charge on any atom is -0.473 e. The number of carboxylic acid groups (broad SMARTS) is 2. The van der Waals surface area contributed by atoms with E-state index >= 15 is 0 Å². The van der Waals surface area contributed by atoms with Gasteiger partial charge in [0.05, 0.1) is 0 Å². The molecule has 0 heterocycles. The van der Waals surface area contributed by atoms with Gasteiger partial charge in [-0.25, -0.2) is 9.59 Å². The average Bonchev–Trinajstić information content (AvgIpc) is 3.04. The SMILES string of the molecule is CCCN(CCC)CC1CCc2ccc(N(C)C(C)=O)cc21.O=C(O)C(=O)O. The van der Waals surface area contributed by atoms with Crippen molar-refractivity contribution in [3.63, 3.8) is 0 Å². The molecule has 1 atom stereocenters. The summed E-state index contributed by atoms with van der Waals surface area (Å²) < 4.78 is 0. The van der Waals surface area contributed by atoms with Crippen LogP contribution in [0.25, 0.3) is 0 Å². The number of hydrogen-bond acceptors (Lipinski definition) is 4. The van der Waals surface area contributed by atoms with Crippen molar-refractivity contribution in [2.75, 3.05) is 31.6 Å². The first-order valence-electron chi connectivity index (χ1n) is 9.76. The molecule has 7 heteroatoms. The lowest BCUT2D eigenvalue weighted by molar-refractivity contribution is -0.159. The molecule has 2 N–H and O–H groups in total. The number of anilines is 1. The lowest BCUT2D eigenvalue weighted by Crippen LogP contribution is -2.29. The summed E-state index contributed by atoms with van der Waals surface area (Å²) in [5, 5.41) is 14.8. The summed E-state index contributed by atoms with van der Waals surface area (Å²) in [6, 6.07) is 6.54. The van der Waals surface area contributed by atoms with E-state index in [-0.39, 0.29) is 5.91 Å². The number of carbonyl (C=O) groups is 3. The fourth-order valence-electron chi connectivity index (χ4n) is 3.49. The van der Waals surface area contributed by atoms with Crippen LogP contribution in [0.3, 0.4) is 0 Å². The second-order valence-electron chi connectivity index (χ2n) is 7.11. The predicted molar refractivity (Wildman–Crippen MR) is 109 cm³/mol. The van der Waals surface area contributed by atoms with Crippen LogP contribution >= 0.6 is 0 Å². The van der Waals surface area contributed by atoms with Crippen LogP contribution in [0.4, 0.5) is 5.69 Å². The smallest absolute Gasteiger partial charge is 0.414 e. The van der Waals surface area contributed by atoms with Gasteiger partial charge < -0.3 is 20.0 Å². The van der Waals surface area contributed by atoms with Crippen molar-refractivity contribution in [3.8, 4) is 0 Å². The molecule has 1 aliphatic rings. The van der Waals surface area contributed by atoms with Gasteiger partial charge in [0.2, 0.25) is 5.91 Å². The van der Waals surface area contributed by atoms with Gasteiger partial charge in [0, 0.05) is 26.2 Å². The number of fused-ring (bicyclic) bond motifs is 1. The van der Waals surface area contributed by atoms with Crippen molar-refractivity contribution in [1.82, 2.24) is 4.90 Å². The number of hydrogen-bond donors (Lipinski definition) is 2. The highest BCUT2D eigenvalue weighted by Crippen LogP contribution is 2.36. The number of amides is 1. The lowest BCUT2D eigenvalue weighted by atomic mass is 9.99. The number of rotatable bonds is 7. The van der Waals surface area contributed by atoms with Gasteiger partial charge >= 0.3 is 11.9 Å². The Morgan fingerprint density at radius 1 is 1.07 bits per heavy atom. The minimum absolute atomic E-state index is 0.0908. The van der Waals surface area contributed by atoms with E-state index in [9.17, 15) is 4.79 Å². The summed E-state index contributed by atoms with van der Waals surface area (Å²) >= 11 is 0. The molecule has 1 unspecified atom stereocenters. The molecule has 0 aromatic heterocycles. The van der Waals surface area contributed by atoms with Gasteiger partial charge in [-0.1, -0.05) is 19.9 Å². The zero-order chi connectivity index (χ0) is 21.3. The first-order chi connectivity index (χ1) is 13.2. The first-order valence-corrected chi connectivity index (χ1v) is 9.76. The van der Waals surface area contributed by atoms with E-state index in [4.69, 9.17) is 19.8 Å². The van der Waals surface area contributed by atoms with E-state index in [1.165, 1.54) is 49.9 Å². The molecular formula is C21H32N2O5. The van der Waals surface area contributed by atoms with Crippen LogP contribution < -0.4 is 4.90 Å². The third kappa shape index (κ3) is 6.96. The number of carbonyl (C=O) groups excluding carboxylic acids is 1. The Kier molecular flexibility index (Phi) is 9.65. The van der Waals surface area contributed by atoms with Crippen LogP contribution in [0.2, 0.25) is 0 Å². The molecule has 7 nitrogen and oxygen atoms in total. The van der Waals surface area contributed by atoms with Crippen LogP contribution in [-0.4, -0.2) is 59.6 Å². The van der Waals surface area contributed by atoms with Gasteiger partial charge in [0.25, 0.3) is 0 Å². The highest BCUT2D eigenvalue weighted by molar-refractivity contribution is 6.27. The number of aryl methyl sites for hydroxylation is 1. The zero-order valence-electron chi connectivity index (χ0n) is 17.3. The summed E-state index contributed by atoms with van der Waals surface area (Å²) in [4.78, 5) is 34.1. The van der Waals surface area contributed by atoms with Crippen molar-refractivity contribution in [3.05, 3.63) is 29.3 Å². The first kappa shape index (κ1) is 23.6. The zero-order valence-corrected chi connectivity index (χ0v) is 17.3. The number of aliphatic carboxylic acids is 2. The molecule has 0 spiro atoms. The molecule has 0 radical (unpaired) electrons. The van der Waals surface area contributed by atoms with Crippen molar-refractivity contribution >= 4 is 23.5 Å². The fraction of sp³-hybridized carbons (Fsp3) is 0.571. The summed E-state index contributed by atoms with van der Waals surface area (Å²) in [5.74, 6) is -2.94. The monoisotopic (exact) mass is 392 g/mol. The molecule has 2 rings (SSSR count). The highest BCUT2D eigenvalue weighted by atomic mass is 16.4. The number of benzene rings is 1. The van der Waals surface area contributed by atoms with Crippen molar-refractivity contribution in [2.24, 2.45) is 0 Å². The van der Waals surface area contributed by atoms with E-state index in [0.717, 1.165) is 12.2 Å². The minimum atomic E-state index is -1.82. The maximum Gasteiger partial charge on any atom is 0.414 e. The maximum absolute atomic E-state index is 11.6. The van der Waals surface area contributed by atoms with Gasteiger partial charge in [-0.2, -0.15) is 0 Å². The topological polar surface area (TPSA) is 98.2 Å². The second kappa shape index (κ2) is 11.4. The molecule has 1 amide bonds. The standard InChI is InChI=1S/C19H30N2O.C2H2O4/c1-5-11-21(12-6-2)14-17-8-7-16-9-10-18(13-19(16)17)20(4)15(3)22;3-1(4)2(5)6/h9-10,13,17H,5-8,11-12,14H2,1-4H3;(H,3,4)(H,5,6). The van der Waals surface area contributed by atoms with Gasteiger partial charge in [-0.15, -0.1) is 0 Å². The van der Waals surface area contributed by atoms with E-state index in [2.05, 4.69) is 36.9 Å². The van der Waals surface area contributed by atoms with Crippen molar-refractivity contribution in [1.29, 1.82) is 0 Å². The second-order valence-corrected chi connectivity index (χ2v) is 7.11. The largest absolute Gasteiger partial charge is 0.473 e. The maximum atomic E-state index is 11.6. The highest BCUT2D eigenvalue weighted by Gasteiger charge is 2.25. The van der Waals surface area contributed by atoms with Crippen molar-refractivity contribution in [2.45, 2.75) is 52.4 Å². The summed E-state index contributed by atoms with van der Waals surface area (Å²) in [7, 11) is 1.86. The van der Waals surface area contributed by atoms with Gasteiger partial charge in [-0.3, -0.25) is 4.79 Å². The molecule has 1 aromatic rings. The molecular weight excluding hydrogens is 360 g/mol. The quantitative estimate of drug-likeness (QED) is 0.692. The molecule has 0 fully saturated rings. The number of carboxylic acids is 2. The molecule has 28 heavy (non-hydrogen) atoms. The van der Waals surface area contributed by atoms with E-state index in [1.807, 2.05) is 7.05 Å². The average molecular weight is 392 g/mol. The van der Waals surface area contributed by atoms with Crippen LogP contribution in [0.5, 0.6) is 0 Å². The molecule has 0 saturated carbocycles. The normalized spacial score (nSPS) is 14.8. The number of nitrogens with zero attached hydrogens (tertiary/aromatic N) is 2. The fourth-order valence-corrected chi connectivity index (χ4v) is 3.49. The Morgan fingerprint density at radius 2 is 1.64 bits per heavy atom. The summed E-state index contributed by atoms with van der Waals surface area (Å²) in [6.07, 6.45) is 4.85. The molecule has 156 valence electrons. The third-order valence-corrected chi connectivity index (χ3v) is 4.93. The molecule has 0 bridgehead atoms. The van der Waals surface area contributed by atoms with E-state index in [0.29, 0.717) is 5.92 Å². The van der Waals surface area contributed by atoms with E-state index < -0.39 is 11.9 Å². The van der Waals surface area contributed by atoms with Crippen molar-refractivity contribution < 1.29 is 24.6 Å². The molecule has 0 saturated heterocycles. The molecule has 0 aliphatic heterocycles. The Labute approximate surface area is 166 Å². The van der Waals surface area contributed by atoms with Crippen LogP contribution in [0.1, 0.15) is 57.1 Å². The third-order valence-electron chi connectivity index (χ3n) is 4.93. The van der Waals surface area contributed by atoms with Gasteiger partial charge in [-0.05, 0) is 68.0 Å². The Morgan fingerprint density at radius 3 is 2.11 bits per heavy atom. The lowest BCUT2D eigenvalue weighted by Gasteiger charge is -2.25. The molecule has 1 aromatic carbocycles. The Balaban J connectivity index is 0.000000568. The summed E-state index contributed by atoms with van der Waals surface area (Å²) in [5.41, 5.74) is 3.96. The predicted octanol–water partition coefficient (Wildman–Crippen LogP) is 2.98. The van der Waals surface area contributed by atoms with E-state index in [1.54, 1.807) is 11.8 Å². The molecule has 1 aliphatic carbocycles.